The highest BCUT2D eigenvalue weighted by molar-refractivity contribution is 5.88. The highest BCUT2D eigenvalue weighted by Gasteiger charge is 2.61. The van der Waals surface area contributed by atoms with Gasteiger partial charge < -0.3 is 15.4 Å². The number of esters is 1. The molecule has 1 aliphatic heterocycles. The lowest BCUT2D eigenvalue weighted by molar-refractivity contribution is -0.180. The molecule has 7 heteroatoms. The van der Waals surface area contributed by atoms with Gasteiger partial charge in [0.25, 0.3) is 0 Å². The summed E-state index contributed by atoms with van der Waals surface area (Å²) in [6, 6.07) is 2.84. The number of nitrogens with one attached hydrogen (secondary N) is 2. The average molecular weight is 411 g/mol. The van der Waals surface area contributed by atoms with Crippen LogP contribution < -0.4 is 10.6 Å². The van der Waals surface area contributed by atoms with Crippen molar-refractivity contribution in [1.82, 2.24) is 5.32 Å². The van der Waals surface area contributed by atoms with E-state index in [4.69, 9.17) is 4.74 Å². The van der Waals surface area contributed by atoms with E-state index in [2.05, 4.69) is 10.6 Å². The van der Waals surface area contributed by atoms with Crippen molar-refractivity contribution in [1.29, 1.82) is 0 Å². The molecule has 2 fully saturated rings. The molecule has 5 nitrogen and oxygen atoms in total. The fourth-order valence-electron chi connectivity index (χ4n) is 5.13. The minimum atomic E-state index is -0.598. The van der Waals surface area contributed by atoms with Gasteiger partial charge in [0.05, 0.1) is 12.0 Å². The summed E-state index contributed by atoms with van der Waals surface area (Å²) < 4.78 is 19.4. The minimum Gasteiger partial charge on any atom is -0.466 e. The van der Waals surface area contributed by atoms with Crippen molar-refractivity contribution in [3.63, 3.8) is 0 Å². The molecular formula is C21H28ClFN2O3. The molecule has 154 valence electrons. The molecule has 2 aliphatic carbocycles. The maximum atomic E-state index is 14.1. The third kappa shape index (κ3) is 3.47. The molecule has 2 saturated carbocycles. The van der Waals surface area contributed by atoms with Gasteiger partial charge in [0.2, 0.25) is 5.91 Å². The van der Waals surface area contributed by atoms with Gasteiger partial charge in [-0.25, -0.2) is 4.39 Å². The number of rotatable bonds is 5. The van der Waals surface area contributed by atoms with E-state index in [1.54, 1.807) is 6.92 Å². The molecule has 1 aromatic carbocycles. The van der Waals surface area contributed by atoms with Gasteiger partial charge in [-0.05, 0) is 62.6 Å². The van der Waals surface area contributed by atoms with Crippen molar-refractivity contribution < 1.29 is 18.7 Å². The smallest absolute Gasteiger partial charge is 0.313 e. The highest BCUT2D eigenvalue weighted by Crippen LogP contribution is 2.64. The third-order valence-corrected chi connectivity index (χ3v) is 6.54. The highest BCUT2D eigenvalue weighted by atomic mass is 35.5. The maximum Gasteiger partial charge on any atom is 0.313 e. The van der Waals surface area contributed by atoms with Crippen LogP contribution in [0.25, 0.3) is 0 Å². The molecule has 1 atom stereocenters. The first-order valence-corrected chi connectivity index (χ1v) is 9.87. The van der Waals surface area contributed by atoms with Crippen LogP contribution in [-0.2, 0) is 20.7 Å². The number of anilines is 1. The first kappa shape index (κ1) is 20.9. The van der Waals surface area contributed by atoms with Crippen LogP contribution in [0.15, 0.2) is 12.1 Å². The average Bonchev–Trinajstić information content (AvgIpc) is 2.96. The van der Waals surface area contributed by atoms with Gasteiger partial charge in [0.15, 0.2) is 0 Å². The molecule has 2 N–H and O–H groups in total. The second-order valence-electron chi connectivity index (χ2n) is 8.60. The van der Waals surface area contributed by atoms with Crippen LogP contribution in [0.2, 0.25) is 0 Å². The molecule has 0 aromatic heterocycles. The van der Waals surface area contributed by atoms with Crippen LogP contribution in [0.4, 0.5) is 10.1 Å². The van der Waals surface area contributed by atoms with Gasteiger partial charge in [0, 0.05) is 24.2 Å². The number of hydrogen-bond donors (Lipinski definition) is 2. The van der Waals surface area contributed by atoms with Crippen molar-refractivity contribution in [2.75, 3.05) is 18.5 Å². The van der Waals surface area contributed by atoms with E-state index in [1.165, 1.54) is 25.3 Å². The SMILES string of the molecule is CCOC(=O)C1(CNC(=O)C2Cc3c(F)cc(C)cc3N2)CC2(CCC2)C1.Cl. The lowest BCUT2D eigenvalue weighted by atomic mass is 9.45. The van der Waals surface area contributed by atoms with Gasteiger partial charge in [-0.2, -0.15) is 0 Å². The van der Waals surface area contributed by atoms with Gasteiger partial charge in [0.1, 0.15) is 11.9 Å². The topological polar surface area (TPSA) is 67.4 Å². The predicted octanol–water partition coefficient (Wildman–Crippen LogP) is 3.52. The Bertz CT molecular complexity index is 786. The van der Waals surface area contributed by atoms with Crippen molar-refractivity contribution in [2.45, 2.75) is 58.4 Å². The molecular weight excluding hydrogens is 383 g/mol. The van der Waals surface area contributed by atoms with Gasteiger partial charge in [-0.15, -0.1) is 12.4 Å². The number of aryl methyl sites for hydroxylation is 1. The zero-order valence-electron chi connectivity index (χ0n) is 16.4. The zero-order chi connectivity index (χ0) is 19.2. The molecule has 28 heavy (non-hydrogen) atoms. The van der Waals surface area contributed by atoms with Crippen molar-refractivity contribution >= 4 is 30.0 Å². The Hall–Kier alpha value is -1.82. The Morgan fingerprint density at radius 1 is 1.32 bits per heavy atom. The summed E-state index contributed by atoms with van der Waals surface area (Å²) in [6.07, 6.45) is 5.47. The summed E-state index contributed by atoms with van der Waals surface area (Å²) in [5.41, 5.74) is 1.75. The predicted molar refractivity (Wildman–Crippen MR) is 107 cm³/mol. The summed E-state index contributed by atoms with van der Waals surface area (Å²) >= 11 is 0. The summed E-state index contributed by atoms with van der Waals surface area (Å²) in [4.78, 5) is 25.2. The molecule has 1 heterocycles. The van der Waals surface area contributed by atoms with Crippen LogP contribution in [-0.4, -0.2) is 31.1 Å². The van der Waals surface area contributed by atoms with Crippen molar-refractivity contribution in [2.24, 2.45) is 10.8 Å². The molecule has 1 spiro atoms. The van der Waals surface area contributed by atoms with Crippen molar-refractivity contribution in [3.05, 3.63) is 29.1 Å². The number of hydrogen-bond acceptors (Lipinski definition) is 4. The fourth-order valence-corrected chi connectivity index (χ4v) is 5.13. The van der Waals surface area contributed by atoms with E-state index in [0.717, 1.165) is 18.4 Å². The third-order valence-electron chi connectivity index (χ3n) is 6.54. The van der Waals surface area contributed by atoms with E-state index >= 15 is 0 Å². The van der Waals surface area contributed by atoms with Crippen LogP contribution in [0.5, 0.6) is 0 Å². The Kier molecular flexibility index (Phi) is 5.63. The molecule has 1 aromatic rings. The molecule has 0 bridgehead atoms. The van der Waals surface area contributed by atoms with E-state index in [0.29, 0.717) is 36.2 Å². The number of fused-ring (bicyclic) bond motifs is 1. The molecule has 3 aliphatic rings. The Morgan fingerprint density at radius 3 is 2.64 bits per heavy atom. The van der Waals surface area contributed by atoms with E-state index in [-0.39, 0.29) is 30.1 Å². The number of benzene rings is 1. The molecule has 0 radical (unpaired) electrons. The normalized spacial score (nSPS) is 22.8. The number of carbonyl (C=O) groups is 2. The monoisotopic (exact) mass is 410 g/mol. The number of amides is 1. The van der Waals surface area contributed by atoms with Gasteiger partial charge in [-0.1, -0.05) is 6.42 Å². The first-order chi connectivity index (χ1) is 12.9. The second kappa shape index (κ2) is 7.54. The summed E-state index contributed by atoms with van der Waals surface area (Å²) in [6.45, 7) is 4.27. The van der Waals surface area contributed by atoms with Crippen LogP contribution in [0.3, 0.4) is 0 Å². The largest absolute Gasteiger partial charge is 0.466 e. The van der Waals surface area contributed by atoms with E-state index in [1.807, 2.05) is 13.0 Å². The van der Waals surface area contributed by atoms with Crippen LogP contribution >= 0.6 is 12.4 Å². The van der Waals surface area contributed by atoms with E-state index in [9.17, 15) is 14.0 Å². The summed E-state index contributed by atoms with van der Waals surface area (Å²) in [7, 11) is 0. The number of ether oxygens (including phenoxy) is 1. The maximum absolute atomic E-state index is 14.1. The quantitative estimate of drug-likeness (QED) is 0.729. The fraction of sp³-hybridized carbons (Fsp3) is 0.619. The van der Waals surface area contributed by atoms with Crippen LogP contribution in [0, 0.1) is 23.6 Å². The lowest BCUT2D eigenvalue weighted by Crippen LogP contribution is -2.60. The number of carbonyl (C=O) groups excluding carboxylic acids is 2. The zero-order valence-corrected chi connectivity index (χ0v) is 17.2. The standard InChI is InChI=1S/C21H27FN2O3.ClH/c1-3-27-19(26)21(10-20(11-21)5-4-6-20)12-23-18(25)17-9-14-15(22)7-13(2)8-16(14)24-17;/h7-8,17,24H,3-6,9-12H2,1-2H3,(H,23,25);1H. The minimum absolute atomic E-state index is 0. The number of halogens is 2. The van der Waals surface area contributed by atoms with Crippen LogP contribution in [0.1, 0.15) is 50.2 Å². The summed E-state index contributed by atoms with van der Waals surface area (Å²) in [5.74, 6) is -0.671. The Labute approximate surface area is 171 Å². The lowest BCUT2D eigenvalue weighted by Gasteiger charge is -2.59. The Morgan fingerprint density at radius 2 is 2.04 bits per heavy atom. The van der Waals surface area contributed by atoms with Crippen molar-refractivity contribution in [3.8, 4) is 0 Å². The summed E-state index contributed by atoms with van der Waals surface area (Å²) in [5, 5.41) is 6.05. The van der Waals surface area contributed by atoms with Gasteiger partial charge >= 0.3 is 5.97 Å². The first-order valence-electron chi connectivity index (χ1n) is 9.87. The second-order valence-corrected chi connectivity index (χ2v) is 8.60. The molecule has 1 amide bonds. The Balaban J connectivity index is 0.00000225. The molecule has 0 saturated heterocycles. The molecule has 4 rings (SSSR count). The molecule has 1 unspecified atom stereocenters. The van der Waals surface area contributed by atoms with E-state index < -0.39 is 11.5 Å². The van der Waals surface area contributed by atoms with Gasteiger partial charge in [-0.3, -0.25) is 9.59 Å².